The third-order valence-corrected chi connectivity index (χ3v) is 4.61. The molecule has 0 saturated heterocycles. The molecule has 0 spiro atoms. The Kier molecular flexibility index (Phi) is 11.1. The van der Waals surface area contributed by atoms with E-state index < -0.39 is 7.94 Å². The fraction of sp³-hybridized carbons (Fsp3) is 0. The first-order valence-electron chi connectivity index (χ1n) is 2.99. The number of halogens is 3. The smallest absolute Gasteiger partial charge is 0.683 e. The van der Waals surface area contributed by atoms with Gasteiger partial charge in [-0.1, -0.05) is 15.9 Å². The summed E-state index contributed by atoms with van der Waals surface area (Å²) in [5, 5.41) is -0.254. The molecule has 0 heterocycles. The fourth-order valence-electron chi connectivity index (χ4n) is 0.796. The van der Waals surface area contributed by atoms with Crippen LogP contribution in [0, 0.1) is 0 Å². The molecule has 72 valence electrons. The third-order valence-electron chi connectivity index (χ3n) is 1.26. The number of benzene rings is 1. The van der Waals surface area contributed by atoms with Crippen molar-refractivity contribution < 1.29 is 73.8 Å². The van der Waals surface area contributed by atoms with E-state index in [9.17, 15) is 14.7 Å². The van der Waals surface area contributed by atoms with Crippen LogP contribution in [0.5, 0.6) is 0 Å². The van der Waals surface area contributed by atoms with Gasteiger partial charge in [0, 0.05) is 4.47 Å². The molecule has 0 radical (unpaired) electrons. The minimum atomic E-state index is -4.73. The summed E-state index contributed by atoms with van der Waals surface area (Å²) in [5.41, 5.74) is 0. The average molecular weight is 439 g/mol. The van der Waals surface area contributed by atoms with E-state index in [0.29, 0.717) is 4.47 Å². The van der Waals surface area contributed by atoms with Crippen LogP contribution in [0.15, 0.2) is 25.6 Å². The van der Waals surface area contributed by atoms with Gasteiger partial charge in [0.15, 0.2) is 0 Å². The minimum absolute atomic E-state index is 0. The van der Waals surface area contributed by atoms with Gasteiger partial charge < -0.3 is 14.7 Å². The Morgan fingerprint density at radius 1 is 0.867 bits per heavy atom. The van der Waals surface area contributed by atoms with Crippen LogP contribution in [0.4, 0.5) is 0 Å². The molecular weight excluding hydrogens is 437 g/mol. The normalized spacial score (nSPS) is 10.3. The van der Waals surface area contributed by atoms with Gasteiger partial charge in [-0.05, 0) is 44.0 Å². The second kappa shape index (κ2) is 8.20. The predicted octanol–water partition coefficient (Wildman–Crippen LogP) is -5.55. The van der Waals surface area contributed by atoms with Crippen LogP contribution >= 0.6 is 55.7 Å². The molecule has 1 aromatic rings. The van der Waals surface area contributed by atoms with E-state index in [4.69, 9.17) is 0 Å². The Balaban J connectivity index is 0. The molecule has 0 amide bonds. The molecule has 0 aromatic heterocycles. The Bertz CT molecular complexity index is 322. The van der Waals surface area contributed by atoms with Gasteiger partial charge >= 0.3 is 59.1 Å². The minimum Gasteiger partial charge on any atom is -0.683 e. The van der Waals surface area contributed by atoms with E-state index in [2.05, 4.69) is 47.8 Å². The quantitative estimate of drug-likeness (QED) is 0.324. The SMILES string of the molecule is [Na+].[Na+].[O-][P+]([O-])([O-])c1c(Br)cc(Br)cc1Br. The molecule has 15 heavy (non-hydrogen) atoms. The summed E-state index contributed by atoms with van der Waals surface area (Å²) >= 11 is 9.16. The molecule has 0 aliphatic rings. The van der Waals surface area contributed by atoms with Crippen molar-refractivity contribution in [1.29, 1.82) is 0 Å². The first-order chi connectivity index (χ1) is 5.82. The second-order valence-corrected chi connectivity index (χ2v) is 6.28. The van der Waals surface area contributed by atoms with Gasteiger partial charge in [0.1, 0.15) is 5.30 Å². The topological polar surface area (TPSA) is 69.2 Å². The van der Waals surface area contributed by atoms with E-state index in [0.717, 1.165) is 0 Å². The Morgan fingerprint density at radius 2 is 1.20 bits per heavy atom. The van der Waals surface area contributed by atoms with Crippen molar-refractivity contribution in [2.45, 2.75) is 0 Å². The molecule has 0 aliphatic carbocycles. The van der Waals surface area contributed by atoms with Gasteiger partial charge in [0.05, 0.1) is 8.95 Å². The molecule has 0 fully saturated rings. The molecule has 0 aliphatic heterocycles. The van der Waals surface area contributed by atoms with Crippen LogP contribution in [0.1, 0.15) is 0 Å². The maximum Gasteiger partial charge on any atom is 1.00 e. The van der Waals surface area contributed by atoms with Crippen molar-refractivity contribution in [1.82, 2.24) is 0 Å². The molecule has 0 atom stereocenters. The third kappa shape index (κ3) is 6.10. The van der Waals surface area contributed by atoms with Crippen LogP contribution in [-0.2, 0) is 0 Å². The van der Waals surface area contributed by atoms with Crippen LogP contribution < -0.4 is 79.1 Å². The van der Waals surface area contributed by atoms with Crippen LogP contribution in [-0.4, -0.2) is 0 Å². The monoisotopic (exact) mass is 436 g/mol. The largest absolute Gasteiger partial charge is 1.00 e. The van der Waals surface area contributed by atoms with Crippen molar-refractivity contribution in [3.63, 3.8) is 0 Å². The maximum atomic E-state index is 10.8. The zero-order valence-corrected chi connectivity index (χ0v) is 17.6. The van der Waals surface area contributed by atoms with Gasteiger partial charge in [-0.15, -0.1) is 7.94 Å². The standard InChI is InChI=1S/C6H4Br3O3P.2Na/c7-3-1-4(8)6(5(9)2-3)13(10,11)12;;/h1-2H,(H2,10,11,12);;/q;2*+1/p-2. The molecule has 0 bridgehead atoms. The molecule has 9 heteroatoms. The zero-order valence-electron chi connectivity index (χ0n) is 7.96. The number of hydrogen-bond donors (Lipinski definition) is 0. The molecule has 1 aromatic carbocycles. The summed E-state index contributed by atoms with van der Waals surface area (Å²) in [6.45, 7) is 0. The summed E-state index contributed by atoms with van der Waals surface area (Å²) in [7, 11) is -4.73. The summed E-state index contributed by atoms with van der Waals surface area (Å²) in [6.07, 6.45) is 0. The Labute approximate surface area is 158 Å². The van der Waals surface area contributed by atoms with Crippen molar-refractivity contribution in [3.05, 3.63) is 25.6 Å². The van der Waals surface area contributed by atoms with Crippen molar-refractivity contribution >= 4 is 61.0 Å². The van der Waals surface area contributed by atoms with Crippen LogP contribution in [0.25, 0.3) is 0 Å². The van der Waals surface area contributed by atoms with Gasteiger partial charge in [-0.25, -0.2) is 0 Å². The van der Waals surface area contributed by atoms with Crippen LogP contribution in [0.2, 0.25) is 0 Å². The van der Waals surface area contributed by atoms with Crippen molar-refractivity contribution in [2.75, 3.05) is 0 Å². The van der Waals surface area contributed by atoms with E-state index in [1.807, 2.05) is 0 Å². The van der Waals surface area contributed by atoms with E-state index in [1.165, 1.54) is 12.1 Å². The fourth-order valence-corrected chi connectivity index (χ4v) is 5.01. The Morgan fingerprint density at radius 3 is 1.47 bits per heavy atom. The second-order valence-electron chi connectivity index (χ2n) is 2.22. The molecular formula is C6H2Br3Na2O3P. The van der Waals surface area contributed by atoms with Crippen LogP contribution in [0.3, 0.4) is 0 Å². The van der Waals surface area contributed by atoms with Gasteiger partial charge in [0.2, 0.25) is 0 Å². The summed E-state index contributed by atoms with van der Waals surface area (Å²) in [6, 6.07) is 3.01. The number of hydrogen-bond acceptors (Lipinski definition) is 3. The zero-order chi connectivity index (χ0) is 10.2. The van der Waals surface area contributed by atoms with Gasteiger partial charge in [-0.2, -0.15) is 0 Å². The Hall–Kier alpha value is 2.97. The molecule has 0 unspecified atom stereocenters. The number of rotatable bonds is 1. The first kappa shape index (κ1) is 20.3. The summed E-state index contributed by atoms with van der Waals surface area (Å²) < 4.78 is 1.19. The van der Waals surface area contributed by atoms with Gasteiger partial charge in [-0.3, -0.25) is 0 Å². The molecule has 3 nitrogen and oxygen atoms in total. The molecule has 1 rings (SSSR count). The van der Waals surface area contributed by atoms with Gasteiger partial charge in [0.25, 0.3) is 0 Å². The maximum absolute atomic E-state index is 10.8. The predicted molar refractivity (Wildman–Crippen MR) is 56.1 cm³/mol. The summed E-state index contributed by atoms with van der Waals surface area (Å²) in [5.74, 6) is 0. The van der Waals surface area contributed by atoms with E-state index >= 15 is 0 Å². The van der Waals surface area contributed by atoms with E-state index in [1.54, 1.807) is 0 Å². The molecule has 0 N–H and O–H groups in total. The molecule has 0 saturated carbocycles. The van der Waals surface area contributed by atoms with E-state index in [-0.39, 0.29) is 73.4 Å². The summed E-state index contributed by atoms with van der Waals surface area (Å²) in [4.78, 5) is 32.3. The van der Waals surface area contributed by atoms with Crippen molar-refractivity contribution in [3.8, 4) is 0 Å². The van der Waals surface area contributed by atoms with Crippen molar-refractivity contribution in [2.24, 2.45) is 0 Å². The average Bonchev–Trinajstić information content (AvgIpc) is 1.78. The first-order valence-corrected chi connectivity index (χ1v) is 6.91.